The molecule has 176 valence electrons. The van der Waals surface area contributed by atoms with Gasteiger partial charge in [0.1, 0.15) is 0 Å². The van der Waals surface area contributed by atoms with Crippen molar-refractivity contribution in [3.63, 3.8) is 0 Å². The highest BCUT2D eigenvalue weighted by atomic mass is 15.0. The first kappa shape index (κ1) is 22.4. The SMILES string of the molecule is Cc1cccc(-c2nc(-c3cccc(-c4ccccn4)c3)nc(-c3cccc(-c4ccccn4)c3)n2)c1. The van der Waals surface area contributed by atoms with Crippen LogP contribution in [0.3, 0.4) is 0 Å². The van der Waals surface area contributed by atoms with Crippen molar-refractivity contribution in [2.24, 2.45) is 0 Å². The Bertz CT molecular complexity index is 1580. The molecule has 0 amide bonds. The van der Waals surface area contributed by atoms with Gasteiger partial charge in [-0.15, -0.1) is 0 Å². The zero-order valence-electron chi connectivity index (χ0n) is 20.3. The van der Waals surface area contributed by atoms with Crippen LogP contribution in [0, 0.1) is 6.92 Å². The van der Waals surface area contributed by atoms with E-state index in [0.29, 0.717) is 17.5 Å². The minimum absolute atomic E-state index is 0.613. The number of pyridine rings is 2. The van der Waals surface area contributed by atoms with Gasteiger partial charge in [-0.25, -0.2) is 15.0 Å². The predicted octanol–water partition coefficient (Wildman–Crippen LogP) is 7.31. The van der Waals surface area contributed by atoms with Crippen LogP contribution in [0.5, 0.6) is 0 Å². The molecular weight excluding hydrogens is 454 g/mol. The van der Waals surface area contributed by atoms with Gasteiger partial charge in [0.25, 0.3) is 0 Å². The zero-order chi connectivity index (χ0) is 25.0. The maximum atomic E-state index is 4.93. The lowest BCUT2D eigenvalue weighted by Crippen LogP contribution is -2.00. The Morgan fingerprint density at radius 2 is 0.838 bits per heavy atom. The van der Waals surface area contributed by atoms with E-state index in [-0.39, 0.29) is 0 Å². The van der Waals surface area contributed by atoms with Crippen LogP contribution in [-0.4, -0.2) is 24.9 Å². The van der Waals surface area contributed by atoms with Gasteiger partial charge in [-0.1, -0.05) is 72.3 Å². The van der Waals surface area contributed by atoms with Gasteiger partial charge in [-0.2, -0.15) is 0 Å². The molecule has 3 heterocycles. The number of benzene rings is 3. The molecule has 5 heteroatoms. The van der Waals surface area contributed by atoms with E-state index in [0.717, 1.165) is 44.8 Å². The van der Waals surface area contributed by atoms with E-state index in [1.165, 1.54) is 0 Å². The Morgan fingerprint density at radius 1 is 0.405 bits per heavy atom. The van der Waals surface area contributed by atoms with Crippen molar-refractivity contribution in [3.05, 3.63) is 127 Å². The van der Waals surface area contributed by atoms with E-state index in [1.807, 2.05) is 84.9 Å². The molecule has 6 rings (SSSR count). The van der Waals surface area contributed by atoms with Crippen molar-refractivity contribution in [1.29, 1.82) is 0 Å². The van der Waals surface area contributed by atoms with Crippen LogP contribution in [-0.2, 0) is 0 Å². The van der Waals surface area contributed by atoms with Crippen molar-refractivity contribution < 1.29 is 0 Å². The van der Waals surface area contributed by atoms with Crippen molar-refractivity contribution in [2.75, 3.05) is 0 Å². The summed E-state index contributed by atoms with van der Waals surface area (Å²) in [4.78, 5) is 23.7. The smallest absolute Gasteiger partial charge is 0.164 e. The summed E-state index contributed by atoms with van der Waals surface area (Å²) in [5.41, 5.74) is 7.73. The molecule has 0 fully saturated rings. The minimum atomic E-state index is 0.613. The highest BCUT2D eigenvalue weighted by Crippen LogP contribution is 2.29. The second-order valence-corrected chi connectivity index (χ2v) is 8.77. The maximum absolute atomic E-state index is 4.93. The summed E-state index contributed by atoms with van der Waals surface area (Å²) < 4.78 is 0. The Hall–Kier alpha value is -5.03. The lowest BCUT2D eigenvalue weighted by atomic mass is 10.1. The monoisotopic (exact) mass is 477 g/mol. The molecule has 0 radical (unpaired) electrons. The third-order valence-corrected chi connectivity index (χ3v) is 6.07. The van der Waals surface area contributed by atoms with E-state index in [9.17, 15) is 0 Å². The molecule has 3 aromatic carbocycles. The molecule has 0 spiro atoms. The van der Waals surface area contributed by atoms with Crippen LogP contribution in [0.25, 0.3) is 56.7 Å². The van der Waals surface area contributed by atoms with Crippen LogP contribution in [0.15, 0.2) is 122 Å². The van der Waals surface area contributed by atoms with Gasteiger partial charge in [-0.05, 0) is 49.4 Å². The van der Waals surface area contributed by atoms with Gasteiger partial charge >= 0.3 is 0 Å². The van der Waals surface area contributed by atoms with Crippen molar-refractivity contribution >= 4 is 0 Å². The average Bonchev–Trinajstić information content (AvgIpc) is 2.98. The number of aromatic nitrogens is 5. The summed E-state index contributed by atoms with van der Waals surface area (Å²) in [5.74, 6) is 1.86. The second-order valence-electron chi connectivity index (χ2n) is 8.77. The number of rotatable bonds is 5. The Balaban J connectivity index is 1.51. The summed E-state index contributed by atoms with van der Waals surface area (Å²) in [6.07, 6.45) is 3.60. The van der Waals surface area contributed by atoms with E-state index >= 15 is 0 Å². The topological polar surface area (TPSA) is 64.5 Å². The summed E-state index contributed by atoms with van der Waals surface area (Å²) in [6.45, 7) is 2.07. The lowest BCUT2D eigenvalue weighted by Gasteiger charge is -2.10. The first-order valence-corrected chi connectivity index (χ1v) is 12.1. The van der Waals surface area contributed by atoms with Crippen LogP contribution in [0.1, 0.15) is 5.56 Å². The predicted molar refractivity (Wildman–Crippen MR) is 147 cm³/mol. The molecule has 0 atom stereocenters. The zero-order valence-corrected chi connectivity index (χ0v) is 20.3. The molecule has 37 heavy (non-hydrogen) atoms. The fourth-order valence-electron chi connectivity index (χ4n) is 4.25. The molecular formula is C32H23N5. The molecule has 0 saturated carbocycles. The van der Waals surface area contributed by atoms with Gasteiger partial charge in [0, 0.05) is 40.2 Å². The second kappa shape index (κ2) is 9.91. The fraction of sp³-hybridized carbons (Fsp3) is 0.0312. The maximum Gasteiger partial charge on any atom is 0.164 e. The first-order valence-electron chi connectivity index (χ1n) is 12.1. The van der Waals surface area contributed by atoms with E-state index < -0.39 is 0 Å². The van der Waals surface area contributed by atoms with Crippen LogP contribution in [0.4, 0.5) is 0 Å². The van der Waals surface area contributed by atoms with Gasteiger partial charge in [0.15, 0.2) is 17.5 Å². The van der Waals surface area contributed by atoms with Crippen LogP contribution in [0.2, 0.25) is 0 Å². The quantitative estimate of drug-likeness (QED) is 0.261. The van der Waals surface area contributed by atoms with E-state index in [4.69, 9.17) is 15.0 Å². The van der Waals surface area contributed by atoms with Crippen molar-refractivity contribution in [1.82, 2.24) is 24.9 Å². The van der Waals surface area contributed by atoms with Gasteiger partial charge < -0.3 is 0 Å². The molecule has 0 aliphatic rings. The average molecular weight is 478 g/mol. The number of nitrogens with zero attached hydrogens (tertiary/aromatic N) is 5. The lowest BCUT2D eigenvalue weighted by molar-refractivity contribution is 1.07. The number of hydrogen-bond acceptors (Lipinski definition) is 5. The van der Waals surface area contributed by atoms with Crippen molar-refractivity contribution in [2.45, 2.75) is 6.92 Å². The first-order chi connectivity index (χ1) is 18.2. The summed E-state index contributed by atoms with van der Waals surface area (Å²) >= 11 is 0. The Labute approximate surface area is 215 Å². The third kappa shape index (κ3) is 4.88. The van der Waals surface area contributed by atoms with Gasteiger partial charge in [0.2, 0.25) is 0 Å². The van der Waals surface area contributed by atoms with E-state index in [1.54, 1.807) is 12.4 Å². The molecule has 0 bridgehead atoms. The highest BCUT2D eigenvalue weighted by molar-refractivity contribution is 5.73. The van der Waals surface area contributed by atoms with Crippen LogP contribution >= 0.6 is 0 Å². The highest BCUT2D eigenvalue weighted by Gasteiger charge is 2.14. The summed E-state index contributed by atoms with van der Waals surface area (Å²) in [6, 6.07) is 36.3. The molecule has 0 aliphatic heterocycles. The standard InChI is InChI=1S/C32H23N5/c1-22-9-6-12-25(19-22)30-35-31(26-13-7-10-23(20-26)28-15-2-4-17-33-28)37-32(36-30)27-14-8-11-24(21-27)29-16-3-5-18-34-29/h2-21H,1H3. The molecule has 6 aromatic rings. The third-order valence-electron chi connectivity index (χ3n) is 6.07. The normalized spacial score (nSPS) is 10.8. The Morgan fingerprint density at radius 3 is 1.27 bits per heavy atom. The molecule has 0 unspecified atom stereocenters. The number of hydrogen-bond donors (Lipinski definition) is 0. The largest absolute Gasteiger partial charge is 0.256 e. The van der Waals surface area contributed by atoms with Crippen LogP contribution < -0.4 is 0 Å². The van der Waals surface area contributed by atoms with Crippen molar-refractivity contribution in [3.8, 4) is 56.7 Å². The summed E-state index contributed by atoms with van der Waals surface area (Å²) in [7, 11) is 0. The molecule has 0 N–H and O–H groups in total. The minimum Gasteiger partial charge on any atom is -0.256 e. The van der Waals surface area contributed by atoms with E-state index in [2.05, 4.69) is 41.2 Å². The molecule has 5 nitrogen and oxygen atoms in total. The Kier molecular flexibility index (Phi) is 6.01. The van der Waals surface area contributed by atoms with Gasteiger partial charge in [-0.3, -0.25) is 9.97 Å². The summed E-state index contributed by atoms with van der Waals surface area (Å²) in [5, 5.41) is 0. The molecule has 3 aromatic heterocycles. The molecule has 0 saturated heterocycles. The molecule has 0 aliphatic carbocycles. The fourth-order valence-corrected chi connectivity index (χ4v) is 4.25. The number of aryl methyl sites for hydroxylation is 1. The van der Waals surface area contributed by atoms with Gasteiger partial charge in [0.05, 0.1) is 11.4 Å².